The summed E-state index contributed by atoms with van der Waals surface area (Å²) in [5, 5.41) is 0. The van der Waals surface area contributed by atoms with Gasteiger partial charge in [-0.05, 0) is 11.5 Å². The minimum Gasteiger partial charge on any atom is -0.566 e. The summed E-state index contributed by atoms with van der Waals surface area (Å²) >= 11 is 0. The molecule has 0 amide bonds. The van der Waals surface area contributed by atoms with E-state index in [2.05, 4.69) is 4.52 Å². The van der Waals surface area contributed by atoms with Gasteiger partial charge in [-0.3, -0.25) is 0 Å². The molecule has 0 saturated carbocycles. The smallest absolute Gasteiger partial charge is 0.566 e. The van der Waals surface area contributed by atoms with E-state index in [0.29, 0.717) is 0 Å². The van der Waals surface area contributed by atoms with Crippen molar-refractivity contribution in [2.45, 2.75) is 6.92 Å². The van der Waals surface area contributed by atoms with E-state index in [4.69, 9.17) is 0 Å². The van der Waals surface area contributed by atoms with E-state index >= 15 is 0 Å². The second-order valence-corrected chi connectivity index (χ2v) is 1.35. The van der Waals surface area contributed by atoms with Crippen LogP contribution in [0.1, 0.15) is 6.92 Å². The Morgan fingerprint density at radius 3 is 2.29 bits per heavy atom. The van der Waals surface area contributed by atoms with Gasteiger partial charge in [0.15, 0.2) is 0 Å². The summed E-state index contributed by atoms with van der Waals surface area (Å²) in [6.45, 7) is 1.85. The maximum Gasteiger partial charge on any atom is 1.00 e. The van der Waals surface area contributed by atoms with Crippen LogP contribution in [0.4, 0.5) is 0 Å². The monoisotopic (exact) mass is 147 g/mol. The van der Waals surface area contributed by atoms with Gasteiger partial charge in [0.05, 0.1) is 6.61 Å². The zero-order valence-corrected chi connectivity index (χ0v) is 8.40. The van der Waals surface area contributed by atoms with Crippen LogP contribution in [0.2, 0.25) is 0 Å². The van der Waals surface area contributed by atoms with Gasteiger partial charge in [-0.1, -0.05) is 0 Å². The van der Waals surface area contributed by atoms with E-state index in [-0.39, 0.29) is 58.0 Å². The Morgan fingerprint density at radius 1 is 1.86 bits per heavy atom. The van der Waals surface area contributed by atoms with Gasteiger partial charge < -0.3 is 4.89 Å². The van der Waals surface area contributed by atoms with Crippen LogP contribution in [0.3, 0.4) is 0 Å². The molecule has 0 radical (unpaired) electrons. The summed E-state index contributed by atoms with van der Waals surface area (Å²) < 4.78 is 13.4. The molecule has 0 N–H and O–H groups in total. The van der Waals surface area contributed by atoms with Crippen LogP contribution in [-0.4, -0.2) is 6.61 Å². The number of hydrogen-bond acceptors (Lipinski definition) is 3. The van der Waals surface area contributed by atoms with Crippen molar-refractivity contribution in [3.63, 3.8) is 0 Å². The zero-order chi connectivity index (χ0) is 4.99. The number of rotatable bonds is 2. The van der Waals surface area contributed by atoms with Gasteiger partial charge in [0.1, 0.15) is 0 Å². The Kier molecular flexibility index (Phi) is 12.5. The molecule has 3 nitrogen and oxygen atoms in total. The molecule has 0 fully saturated rings. The first kappa shape index (κ1) is 11.5. The van der Waals surface area contributed by atoms with Crippen LogP contribution >= 0.6 is 8.25 Å². The molecular weight excluding hydrogens is 142 g/mol. The fourth-order valence-electron chi connectivity index (χ4n) is 0.105. The topological polar surface area (TPSA) is 49.4 Å². The molecule has 0 aliphatic heterocycles. The Balaban J connectivity index is 0. The molecule has 0 bridgehead atoms. The Morgan fingerprint density at radius 2 is 2.29 bits per heavy atom. The zero-order valence-electron chi connectivity index (χ0n) is 4.38. The quantitative estimate of drug-likeness (QED) is 0.310. The SMILES string of the molecule is CCO[P+](=O)[O-].[K+]. The third-order valence-corrected chi connectivity index (χ3v) is 0.704. The first-order valence-electron chi connectivity index (χ1n) is 1.54. The first-order valence-corrected chi connectivity index (χ1v) is 2.64. The summed E-state index contributed by atoms with van der Waals surface area (Å²) in [5.41, 5.74) is 0. The Labute approximate surface area is 85.8 Å². The molecule has 7 heavy (non-hydrogen) atoms. The molecule has 0 rings (SSSR count). The maximum absolute atomic E-state index is 9.41. The first-order chi connectivity index (χ1) is 2.77. The molecule has 5 heteroatoms. The summed E-state index contributed by atoms with van der Waals surface area (Å²) in [4.78, 5) is 9.41. The normalized spacial score (nSPS) is 9.71. The fraction of sp³-hybridized carbons (Fsp3) is 1.00. The third kappa shape index (κ3) is 11.3. The molecule has 0 heterocycles. The van der Waals surface area contributed by atoms with Crippen LogP contribution in [0, 0.1) is 0 Å². The molecular formula is C2H5KO3P+. The van der Waals surface area contributed by atoms with E-state index in [9.17, 15) is 9.46 Å². The third-order valence-electron chi connectivity index (χ3n) is 0.235. The van der Waals surface area contributed by atoms with Gasteiger partial charge in [0.25, 0.3) is 0 Å². The van der Waals surface area contributed by atoms with Gasteiger partial charge in [0.2, 0.25) is 0 Å². The number of hydrogen-bond donors (Lipinski definition) is 0. The van der Waals surface area contributed by atoms with Gasteiger partial charge in [-0.15, -0.1) is 4.52 Å². The second-order valence-electron chi connectivity index (χ2n) is 0.641. The van der Waals surface area contributed by atoms with Crippen molar-refractivity contribution in [1.82, 2.24) is 0 Å². The van der Waals surface area contributed by atoms with E-state index in [1.165, 1.54) is 0 Å². The molecule has 1 atom stereocenters. The standard InChI is InChI=1S/C2H5O3P.K/c1-2-5-6(3)4;/h2H2,1H3;/q;+1. The predicted octanol–water partition coefficient (Wildman–Crippen LogP) is -2.96. The van der Waals surface area contributed by atoms with Gasteiger partial charge >= 0.3 is 59.6 Å². The molecule has 0 saturated heterocycles. The van der Waals surface area contributed by atoms with Crippen LogP contribution in [0.5, 0.6) is 0 Å². The van der Waals surface area contributed by atoms with E-state index in [1.54, 1.807) is 6.92 Å². The molecule has 0 aromatic rings. The minimum atomic E-state index is -2.60. The van der Waals surface area contributed by atoms with Crippen molar-refractivity contribution in [1.29, 1.82) is 0 Å². The minimum absolute atomic E-state index is 0. The molecule has 0 aliphatic rings. The summed E-state index contributed by atoms with van der Waals surface area (Å²) in [7, 11) is -2.60. The van der Waals surface area contributed by atoms with Gasteiger partial charge in [-0.25, -0.2) is 0 Å². The average Bonchev–Trinajstić information content (AvgIpc) is 1.35. The fourth-order valence-corrected chi connectivity index (χ4v) is 0.316. The second kappa shape index (κ2) is 7.66. The molecule has 36 valence electrons. The van der Waals surface area contributed by atoms with E-state index in [1.807, 2.05) is 0 Å². The van der Waals surface area contributed by atoms with Gasteiger partial charge in [0, 0.05) is 0 Å². The van der Waals surface area contributed by atoms with E-state index in [0.717, 1.165) is 0 Å². The van der Waals surface area contributed by atoms with Crippen LogP contribution in [-0.2, 0) is 9.09 Å². The molecule has 0 aromatic heterocycles. The summed E-state index contributed by atoms with van der Waals surface area (Å²) in [5.74, 6) is 0. The van der Waals surface area contributed by atoms with Crippen molar-refractivity contribution < 1.29 is 65.4 Å². The van der Waals surface area contributed by atoms with Gasteiger partial charge in [-0.2, -0.15) is 0 Å². The van der Waals surface area contributed by atoms with Crippen molar-refractivity contribution in [2.75, 3.05) is 6.61 Å². The maximum atomic E-state index is 9.41. The van der Waals surface area contributed by atoms with Crippen LogP contribution in [0.25, 0.3) is 0 Å². The van der Waals surface area contributed by atoms with Crippen molar-refractivity contribution in [3.05, 3.63) is 0 Å². The van der Waals surface area contributed by atoms with Crippen LogP contribution < -0.4 is 56.3 Å². The average molecular weight is 147 g/mol. The Bertz CT molecular complexity index is 56.9. The largest absolute Gasteiger partial charge is 1.00 e. The molecule has 0 spiro atoms. The summed E-state index contributed by atoms with van der Waals surface area (Å²) in [6.07, 6.45) is 0. The van der Waals surface area contributed by atoms with Crippen molar-refractivity contribution in [2.24, 2.45) is 0 Å². The van der Waals surface area contributed by atoms with Crippen molar-refractivity contribution in [3.8, 4) is 0 Å². The van der Waals surface area contributed by atoms with Crippen LogP contribution in [0.15, 0.2) is 0 Å². The molecule has 0 aliphatic carbocycles. The summed E-state index contributed by atoms with van der Waals surface area (Å²) in [6, 6.07) is 0. The van der Waals surface area contributed by atoms with E-state index < -0.39 is 8.25 Å². The van der Waals surface area contributed by atoms with Crippen molar-refractivity contribution >= 4 is 8.25 Å². The predicted molar refractivity (Wildman–Crippen MR) is 19.2 cm³/mol. The molecule has 0 aromatic carbocycles. The molecule has 1 unspecified atom stereocenters. The Hall–Kier alpha value is 1.66.